The first-order valence-electron chi connectivity index (χ1n) is 3.75. The van der Waals surface area contributed by atoms with Gasteiger partial charge in [0.15, 0.2) is 33.8 Å². The molecule has 0 saturated carbocycles. The van der Waals surface area contributed by atoms with E-state index < -0.39 is 51.1 Å². The summed E-state index contributed by atoms with van der Waals surface area (Å²) in [6, 6.07) is 0. The van der Waals surface area contributed by atoms with E-state index in [4.69, 9.17) is 10.2 Å². The molecule has 0 aliphatic rings. The van der Waals surface area contributed by atoms with Crippen molar-refractivity contribution in [3.05, 3.63) is 34.6 Å². The van der Waals surface area contributed by atoms with E-state index in [1.807, 2.05) is 0 Å². The van der Waals surface area contributed by atoms with Gasteiger partial charge in [-0.25, -0.2) is 22.0 Å². The lowest BCUT2D eigenvalue weighted by molar-refractivity contribution is -0.306. The highest BCUT2D eigenvalue weighted by molar-refractivity contribution is 5.98. The van der Waals surface area contributed by atoms with Gasteiger partial charge in [-0.05, 0) is 0 Å². The van der Waals surface area contributed by atoms with Crippen molar-refractivity contribution in [1.29, 1.82) is 0 Å². The molecule has 0 atom stereocenters. The smallest absolute Gasteiger partial charge is 0.302 e. The van der Waals surface area contributed by atoms with Crippen LogP contribution in [0.2, 0.25) is 0 Å². The van der Waals surface area contributed by atoms with Crippen molar-refractivity contribution in [2.45, 2.75) is 5.97 Å². The highest BCUT2D eigenvalue weighted by Crippen LogP contribution is 2.30. The first kappa shape index (κ1) is 13.0. The quantitative estimate of drug-likeness (QED) is 0.254. The molecule has 0 spiro atoms. The van der Waals surface area contributed by atoms with Crippen molar-refractivity contribution >= 4 is 10.5 Å². The van der Waals surface area contributed by atoms with Gasteiger partial charge in [-0.2, -0.15) is 0 Å². The Balaban J connectivity index is 3.65. The van der Waals surface area contributed by atoms with Crippen LogP contribution < -0.4 is 0 Å². The standard InChI is InChI=1S/C7H5F5O3Si/c8-2-1(7(13,14)15-16)3(9)5(11)6(12)4(2)10/h13-14H,16H3. The normalized spacial score (nSPS) is 12.2. The summed E-state index contributed by atoms with van der Waals surface area (Å²) in [5, 5.41) is 17.9. The molecule has 2 N–H and O–H groups in total. The molecule has 1 aromatic carbocycles. The van der Waals surface area contributed by atoms with E-state index in [9.17, 15) is 22.0 Å². The Labute approximate surface area is 88.6 Å². The molecule has 3 nitrogen and oxygen atoms in total. The fraction of sp³-hybridized carbons (Fsp3) is 0.143. The van der Waals surface area contributed by atoms with Crippen LogP contribution in [-0.2, 0) is 10.4 Å². The maximum atomic E-state index is 13.0. The monoisotopic (exact) mass is 260 g/mol. The van der Waals surface area contributed by atoms with E-state index in [0.717, 1.165) is 0 Å². The van der Waals surface area contributed by atoms with Gasteiger partial charge in [-0.15, -0.1) is 0 Å². The molecule has 0 fully saturated rings. The van der Waals surface area contributed by atoms with E-state index in [2.05, 4.69) is 4.43 Å². The average Bonchev–Trinajstić information content (AvgIpc) is 2.23. The molecule has 16 heavy (non-hydrogen) atoms. The molecule has 0 unspecified atom stereocenters. The maximum Gasteiger partial charge on any atom is 0.302 e. The minimum atomic E-state index is -3.55. The summed E-state index contributed by atoms with van der Waals surface area (Å²) in [6.07, 6.45) is 0. The van der Waals surface area contributed by atoms with Gasteiger partial charge in [0.05, 0.1) is 0 Å². The van der Waals surface area contributed by atoms with Crippen LogP contribution in [0.1, 0.15) is 5.56 Å². The van der Waals surface area contributed by atoms with Crippen LogP contribution >= 0.6 is 0 Å². The molecule has 9 heteroatoms. The summed E-state index contributed by atoms with van der Waals surface area (Å²) in [4.78, 5) is 0. The number of hydrogen-bond acceptors (Lipinski definition) is 3. The van der Waals surface area contributed by atoms with Gasteiger partial charge in [-0.3, -0.25) is 0 Å². The van der Waals surface area contributed by atoms with Crippen molar-refractivity contribution in [2.75, 3.05) is 0 Å². The molecule has 0 radical (unpaired) electrons. The second-order valence-corrected chi connectivity index (χ2v) is 3.17. The van der Waals surface area contributed by atoms with Gasteiger partial charge in [0.1, 0.15) is 5.56 Å². The lowest BCUT2D eigenvalue weighted by atomic mass is 10.1. The van der Waals surface area contributed by atoms with Crippen LogP contribution in [0, 0.1) is 29.1 Å². The van der Waals surface area contributed by atoms with Gasteiger partial charge < -0.3 is 14.6 Å². The first-order valence-corrected chi connectivity index (χ1v) is 4.57. The Hall–Kier alpha value is -1.03. The summed E-state index contributed by atoms with van der Waals surface area (Å²) in [6.45, 7) is 0. The molecule has 0 saturated heterocycles. The predicted octanol–water partition coefficient (Wildman–Crippen LogP) is -0.226. The number of halogens is 5. The second-order valence-electron chi connectivity index (χ2n) is 2.76. The Morgan fingerprint density at radius 2 is 1.12 bits per heavy atom. The zero-order chi connectivity index (χ0) is 12.7. The van der Waals surface area contributed by atoms with Crippen LogP contribution in [0.15, 0.2) is 0 Å². The summed E-state index contributed by atoms with van der Waals surface area (Å²) in [5.41, 5.74) is -1.83. The number of benzene rings is 1. The summed E-state index contributed by atoms with van der Waals surface area (Å²) >= 11 is 0. The van der Waals surface area contributed by atoms with Gasteiger partial charge in [0.2, 0.25) is 5.82 Å². The predicted molar refractivity (Wildman–Crippen MR) is 43.4 cm³/mol. The molecular weight excluding hydrogens is 255 g/mol. The Morgan fingerprint density at radius 1 is 0.812 bits per heavy atom. The summed E-state index contributed by atoms with van der Waals surface area (Å²) in [5.74, 6) is -15.2. The van der Waals surface area contributed by atoms with E-state index >= 15 is 0 Å². The molecule has 1 aromatic rings. The maximum absolute atomic E-state index is 13.0. The van der Waals surface area contributed by atoms with Crippen molar-refractivity contribution in [3.63, 3.8) is 0 Å². The topological polar surface area (TPSA) is 49.7 Å². The van der Waals surface area contributed by atoms with Gasteiger partial charge in [0.25, 0.3) is 0 Å². The molecular formula is C7H5F5O3Si. The first-order chi connectivity index (χ1) is 7.24. The fourth-order valence-corrected chi connectivity index (χ4v) is 1.20. The number of rotatable bonds is 2. The lowest BCUT2D eigenvalue weighted by Crippen LogP contribution is -2.32. The zero-order valence-electron chi connectivity index (χ0n) is 7.69. The number of aliphatic hydroxyl groups is 2. The Morgan fingerprint density at radius 3 is 1.44 bits per heavy atom. The van der Waals surface area contributed by atoms with Gasteiger partial charge >= 0.3 is 5.97 Å². The third-order valence-corrected chi connectivity index (χ3v) is 2.39. The fourth-order valence-electron chi connectivity index (χ4n) is 0.993. The third kappa shape index (κ3) is 1.82. The summed E-state index contributed by atoms with van der Waals surface area (Å²) in [7, 11) is -0.400. The van der Waals surface area contributed by atoms with E-state index in [1.54, 1.807) is 0 Å². The third-order valence-electron chi connectivity index (χ3n) is 1.82. The van der Waals surface area contributed by atoms with Gasteiger partial charge in [-0.1, -0.05) is 0 Å². The largest absolute Gasteiger partial charge is 0.377 e. The van der Waals surface area contributed by atoms with E-state index in [1.165, 1.54) is 0 Å². The minimum Gasteiger partial charge on any atom is -0.377 e. The second kappa shape index (κ2) is 4.09. The van der Waals surface area contributed by atoms with Crippen LogP contribution in [0.25, 0.3) is 0 Å². The van der Waals surface area contributed by atoms with Crippen molar-refractivity contribution in [2.24, 2.45) is 0 Å². The van der Waals surface area contributed by atoms with Crippen LogP contribution in [-0.4, -0.2) is 20.7 Å². The molecule has 0 aliphatic carbocycles. The highest BCUT2D eigenvalue weighted by atomic mass is 28.2. The van der Waals surface area contributed by atoms with E-state index in [0.29, 0.717) is 0 Å². The van der Waals surface area contributed by atoms with Crippen molar-refractivity contribution < 1.29 is 36.6 Å². The molecule has 0 bridgehead atoms. The highest BCUT2D eigenvalue weighted by Gasteiger charge is 2.38. The molecule has 0 aliphatic heterocycles. The van der Waals surface area contributed by atoms with Crippen molar-refractivity contribution in [1.82, 2.24) is 0 Å². The van der Waals surface area contributed by atoms with E-state index in [-0.39, 0.29) is 0 Å². The molecule has 90 valence electrons. The molecule has 0 heterocycles. The molecule has 0 amide bonds. The Kier molecular flexibility index (Phi) is 3.33. The Bertz CT molecular complexity index is 408. The zero-order valence-corrected chi connectivity index (χ0v) is 9.69. The lowest BCUT2D eigenvalue weighted by Gasteiger charge is -2.21. The van der Waals surface area contributed by atoms with Crippen molar-refractivity contribution in [3.8, 4) is 0 Å². The van der Waals surface area contributed by atoms with Gasteiger partial charge in [0, 0.05) is 0 Å². The molecule has 0 aromatic heterocycles. The average molecular weight is 260 g/mol. The van der Waals surface area contributed by atoms with Crippen LogP contribution in [0.5, 0.6) is 0 Å². The minimum absolute atomic E-state index is 0.400. The van der Waals surface area contributed by atoms with Crippen LogP contribution in [0.3, 0.4) is 0 Å². The molecule has 1 rings (SSSR count). The number of hydrogen-bond donors (Lipinski definition) is 2. The van der Waals surface area contributed by atoms with Crippen LogP contribution in [0.4, 0.5) is 22.0 Å². The summed E-state index contributed by atoms with van der Waals surface area (Å²) < 4.78 is 67.8. The SMILES string of the molecule is OC(O)(O[SiH3])c1c(F)c(F)c(F)c(F)c1F.